The molecule has 78 valence electrons. The van der Waals surface area contributed by atoms with Crippen molar-refractivity contribution in [2.75, 3.05) is 13.2 Å². The molecule has 14 heavy (non-hydrogen) atoms. The second-order valence-corrected chi connectivity index (χ2v) is 2.79. The van der Waals surface area contributed by atoms with Crippen molar-refractivity contribution in [1.82, 2.24) is 15.1 Å². The zero-order chi connectivity index (χ0) is 10.4. The van der Waals surface area contributed by atoms with Gasteiger partial charge in [-0.05, 0) is 6.07 Å². The van der Waals surface area contributed by atoms with Crippen LogP contribution in [-0.2, 0) is 18.3 Å². The maximum absolute atomic E-state index is 10.2. The highest BCUT2D eigenvalue weighted by atomic mass is 16.5. The average Bonchev–Trinajstić information content (AvgIpc) is 2.51. The van der Waals surface area contributed by atoms with E-state index in [0.29, 0.717) is 13.1 Å². The van der Waals surface area contributed by atoms with Gasteiger partial charge in [0.1, 0.15) is 6.61 Å². The van der Waals surface area contributed by atoms with Crippen LogP contribution in [-0.4, -0.2) is 29.0 Å². The van der Waals surface area contributed by atoms with Gasteiger partial charge in [0.25, 0.3) is 0 Å². The summed E-state index contributed by atoms with van der Waals surface area (Å²) in [6.07, 6.45) is 0.990. The Balaban J connectivity index is 2.10. The SMILES string of the molecule is Cn1nccc1CNCCOC(N)=O. The molecule has 6 heteroatoms. The van der Waals surface area contributed by atoms with Crippen LogP contribution in [0.4, 0.5) is 4.79 Å². The third-order valence-electron chi connectivity index (χ3n) is 1.75. The number of aryl methyl sites for hydroxylation is 1. The fourth-order valence-electron chi connectivity index (χ4n) is 1.01. The van der Waals surface area contributed by atoms with Gasteiger partial charge < -0.3 is 15.8 Å². The predicted octanol–water partition coefficient (Wildman–Crippen LogP) is -0.395. The van der Waals surface area contributed by atoms with Crippen molar-refractivity contribution < 1.29 is 9.53 Å². The molecule has 1 rings (SSSR count). The summed E-state index contributed by atoms with van der Waals surface area (Å²) in [7, 11) is 1.87. The highest BCUT2D eigenvalue weighted by molar-refractivity contribution is 5.64. The van der Waals surface area contributed by atoms with Gasteiger partial charge in [0, 0.05) is 26.3 Å². The molecular formula is C8H14N4O2. The molecule has 3 N–H and O–H groups in total. The van der Waals surface area contributed by atoms with Crippen LogP contribution >= 0.6 is 0 Å². The number of nitrogens with zero attached hydrogens (tertiary/aromatic N) is 2. The van der Waals surface area contributed by atoms with Gasteiger partial charge in [-0.15, -0.1) is 0 Å². The normalized spacial score (nSPS) is 10.1. The summed E-state index contributed by atoms with van der Waals surface area (Å²) in [6.45, 7) is 1.56. The van der Waals surface area contributed by atoms with Gasteiger partial charge in [0.05, 0.1) is 5.69 Å². The molecule has 0 unspecified atom stereocenters. The van der Waals surface area contributed by atoms with Crippen molar-refractivity contribution in [1.29, 1.82) is 0 Å². The second kappa shape index (κ2) is 5.23. The molecule has 1 heterocycles. The molecule has 1 amide bonds. The lowest BCUT2D eigenvalue weighted by Gasteiger charge is -2.04. The number of primary amides is 1. The zero-order valence-electron chi connectivity index (χ0n) is 8.06. The van der Waals surface area contributed by atoms with E-state index in [9.17, 15) is 4.79 Å². The highest BCUT2D eigenvalue weighted by Crippen LogP contribution is 1.94. The van der Waals surface area contributed by atoms with Crippen molar-refractivity contribution in [3.05, 3.63) is 18.0 Å². The van der Waals surface area contributed by atoms with Crippen LogP contribution in [0, 0.1) is 0 Å². The predicted molar refractivity (Wildman–Crippen MR) is 50.5 cm³/mol. The smallest absolute Gasteiger partial charge is 0.404 e. The Morgan fingerprint density at radius 1 is 1.79 bits per heavy atom. The van der Waals surface area contributed by atoms with Crippen molar-refractivity contribution in [3.8, 4) is 0 Å². The maximum atomic E-state index is 10.2. The molecule has 0 saturated carbocycles. The van der Waals surface area contributed by atoms with Gasteiger partial charge in [-0.2, -0.15) is 5.10 Å². The summed E-state index contributed by atoms with van der Waals surface area (Å²) >= 11 is 0. The van der Waals surface area contributed by atoms with Crippen LogP contribution in [0.5, 0.6) is 0 Å². The van der Waals surface area contributed by atoms with E-state index in [-0.39, 0.29) is 6.61 Å². The number of nitrogens with two attached hydrogens (primary N) is 1. The Morgan fingerprint density at radius 3 is 3.14 bits per heavy atom. The minimum absolute atomic E-state index is 0.285. The number of aromatic nitrogens is 2. The zero-order valence-corrected chi connectivity index (χ0v) is 8.06. The molecule has 0 radical (unpaired) electrons. The third kappa shape index (κ3) is 3.44. The van der Waals surface area contributed by atoms with Gasteiger partial charge in [-0.25, -0.2) is 4.79 Å². The topological polar surface area (TPSA) is 82.2 Å². The first-order valence-corrected chi connectivity index (χ1v) is 4.30. The van der Waals surface area contributed by atoms with Crippen LogP contribution in [0.3, 0.4) is 0 Å². The van der Waals surface area contributed by atoms with Gasteiger partial charge in [-0.3, -0.25) is 4.68 Å². The molecular weight excluding hydrogens is 184 g/mol. The molecule has 0 aliphatic heterocycles. The van der Waals surface area contributed by atoms with E-state index in [1.54, 1.807) is 10.9 Å². The minimum atomic E-state index is -0.743. The first-order valence-electron chi connectivity index (χ1n) is 4.30. The first-order chi connectivity index (χ1) is 6.70. The Labute approximate surface area is 82.0 Å². The van der Waals surface area contributed by atoms with Crippen molar-refractivity contribution in [3.63, 3.8) is 0 Å². The van der Waals surface area contributed by atoms with Crippen LogP contribution in [0.2, 0.25) is 0 Å². The largest absolute Gasteiger partial charge is 0.448 e. The number of ether oxygens (including phenoxy) is 1. The van der Waals surface area contributed by atoms with Crippen molar-refractivity contribution >= 4 is 6.09 Å². The molecule has 0 saturated heterocycles. The van der Waals surface area contributed by atoms with Crippen LogP contribution in [0.1, 0.15) is 5.69 Å². The second-order valence-electron chi connectivity index (χ2n) is 2.79. The Kier molecular flexibility index (Phi) is 3.93. The van der Waals surface area contributed by atoms with E-state index in [2.05, 4.69) is 15.2 Å². The van der Waals surface area contributed by atoms with Crippen LogP contribution < -0.4 is 11.1 Å². The van der Waals surface area contributed by atoms with E-state index in [1.807, 2.05) is 13.1 Å². The van der Waals surface area contributed by atoms with Crippen molar-refractivity contribution in [2.45, 2.75) is 6.54 Å². The van der Waals surface area contributed by atoms with E-state index in [1.165, 1.54) is 0 Å². The molecule has 1 aromatic heterocycles. The van der Waals surface area contributed by atoms with Gasteiger partial charge in [0.2, 0.25) is 0 Å². The Bertz CT molecular complexity index is 297. The molecule has 6 nitrogen and oxygen atoms in total. The quantitative estimate of drug-likeness (QED) is 0.631. The minimum Gasteiger partial charge on any atom is -0.448 e. The maximum Gasteiger partial charge on any atom is 0.404 e. The molecule has 0 aromatic carbocycles. The number of carbonyl (C=O) groups is 1. The molecule has 0 bridgehead atoms. The van der Waals surface area contributed by atoms with E-state index < -0.39 is 6.09 Å². The summed E-state index contributed by atoms with van der Waals surface area (Å²) in [4.78, 5) is 10.2. The fraction of sp³-hybridized carbons (Fsp3) is 0.500. The molecule has 0 spiro atoms. The Morgan fingerprint density at radius 2 is 2.57 bits per heavy atom. The average molecular weight is 198 g/mol. The number of amides is 1. The summed E-state index contributed by atoms with van der Waals surface area (Å²) < 4.78 is 6.33. The molecule has 0 fully saturated rings. The summed E-state index contributed by atoms with van der Waals surface area (Å²) in [6, 6.07) is 1.92. The molecule has 0 aliphatic rings. The number of hydrogen-bond acceptors (Lipinski definition) is 4. The Hall–Kier alpha value is -1.56. The summed E-state index contributed by atoms with van der Waals surface area (Å²) in [5.41, 5.74) is 5.86. The van der Waals surface area contributed by atoms with E-state index >= 15 is 0 Å². The molecule has 0 aliphatic carbocycles. The number of hydrogen-bond donors (Lipinski definition) is 2. The van der Waals surface area contributed by atoms with Gasteiger partial charge in [0.15, 0.2) is 0 Å². The lowest BCUT2D eigenvalue weighted by molar-refractivity contribution is 0.157. The van der Waals surface area contributed by atoms with Gasteiger partial charge >= 0.3 is 6.09 Å². The summed E-state index contributed by atoms with van der Waals surface area (Å²) in [5.74, 6) is 0. The van der Waals surface area contributed by atoms with Crippen LogP contribution in [0.15, 0.2) is 12.3 Å². The number of carbonyl (C=O) groups excluding carboxylic acids is 1. The standard InChI is InChI=1S/C8H14N4O2/c1-12-7(2-3-11-12)6-10-4-5-14-8(9)13/h2-3,10H,4-6H2,1H3,(H2,9,13). The number of nitrogens with one attached hydrogen (secondary N) is 1. The van der Waals surface area contributed by atoms with E-state index in [4.69, 9.17) is 5.73 Å². The number of rotatable bonds is 5. The monoisotopic (exact) mass is 198 g/mol. The van der Waals surface area contributed by atoms with Crippen molar-refractivity contribution in [2.24, 2.45) is 12.8 Å². The lowest BCUT2D eigenvalue weighted by atomic mass is 10.4. The lowest BCUT2D eigenvalue weighted by Crippen LogP contribution is -2.24. The molecule has 1 aromatic rings. The summed E-state index contributed by atoms with van der Waals surface area (Å²) in [5, 5.41) is 7.11. The first kappa shape index (κ1) is 10.5. The van der Waals surface area contributed by atoms with E-state index in [0.717, 1.165) is 5.69 Å². The van der Waals surface area contributed by atoms with Gasteiger partial charge in [-0.1, -0.05) is 0 Å². The third-order valence-corrected chi connectivity index (χ3v) is 1.75. The molecule has 0 atom stereocenters. The fourth-order valence-corrected chi connectivity index (χ4v) is 1.01. The highest BCUT2D eigenvalue weighted by Gasteiger charge is 1.97. The van der Waals surface area contributed by atoms with Crippen LogP contribution in [0.25, 0.3) is 0 Å².